The number of benzene rings is 2. The molecular weight excluding hydrogens is 361 g/mol. The van der Waals surface area contributed by atoms with Crippen LogP contribution in [0.5, 0.6) is 11.5 Å². The van der Waals surface area contributed by atoms with Gasteiger partial charge in [0.1, 0.15) is 11.5 Å². The van der Waals surface area contributed by atoms with Crippen LogP contribution in [0.25, 0.3) is 11.3 Å². The molecule has 2 N–H and O–H groups in total. The Balaban J connectivity index is 1.77. The van der Waals surface area contributed by atoms with E-state index in [0.717, 1.165) is 16.7 Å². The third-order valence-corrected chi connectivity index (χ3v) is 4.55. The molecule has 0 bridgehead atoms. The van der Waals surface area contributed by atoms with Crippen LogP contribution >= 0.6 is 0 Å². The van der Waals surface area contributed by atoms with E-state index in [0.29, 0.717) is 22.9 Å². The summed E-state index contributed by atoms with van der Waals surface area (Å²) in [7, 11) is 3.15. The summed E-state index contributed by atoms with van der Waals surface area (Å²) in [6, 6.07) is 11.0. The van der Waals surface area contributed by atoms with Gasteiger partial charge in [0.05, 0.1) is 26.0 Å². The first-order valence-corrected chi connectivity index (χ1v) is 8.77. The minimum Gasteiger partial charge on any atom is -0.493 e. The van der Waals surface area contributed by atoms with Crippen molar-refractivity contribution >= 4 is 5.91 Å². The van der Waals surface area contributed by atoms with Gasteiger partial charge in [0, 0.05) is 5.56 Å². The minimum atomic E-state index is -0.323. The number of methoxy groups -OCH3 is 2. The smallest absolute Gasteiger partial charge is 0.269 e. The summed E-state index contributed by atoms with van der Waals surface area (Å²) in [6.45, 7) is 3.84. The molecule has 3 rings (SSSR count). The van der Waals surface area contributed by atoms with Crippen molar-refractivity contribution in [2.45, 2.75) is 19.9 Å². The van der Waals surface area contributed by atoms with Crippen LogP contribution < -0.4 is 14.8 Å². The number of aryl methyl sites for hydroxylation is 1. The van der Waals surface area contributed by atoms with Crippen molar-refractivity contribution in [1.82, 2.24) is 15.5 Å². The van der Waals surface area contributed by atoms with E-state index in [4.69, 9.17) is 9.47 Å². The number of aromatic nitrogens is 2. The average molecular weight is 383 g/mol. The number of amides is 1. The van der Waals surface area contributed by atoms with Gasteiger partial charge in [-0.2, -0.15) is 5.10 Å². The average Bonchev–Trinajstić information content (AvgIpc) is 3.18. The number of carbonyl (C=O) groups excluding carboxylic acids is 1. The van der Waals surface area contributed by atoms with E-state index in [9.17, 15) is 9.18 Å². The number of hydrogen-bond donors (Lipinski definition) is 2. The van der Waals surface area contributed by atoms with Gasteiger partial charge >= 0.3 is 0 Å². The highest BCUT2D eigenvalue weighted by molar-refractivity contribution is 5.93. The van der Waals surface area contributed by atoms with Crippen LogP contribution in [-0.4, -0.2) is 30.3 Å². The summed E-state index contributed by atoms with van der Waals surface area (Å²) < 4.78 is 23.7. The second-order valence-corrected chi connectivity index (χ2v) is 6.43. The Labute approximate surface area is 162 Å². The highest BCUT2D eigenvalue weighted by Crippen LogP contribution is 2.33. The zero-order valence-electron chi connectivity index (χ0n) is 16.2. The van der Waals surface area contributed by atoms with Gasteiger partial charge in [0.15, 0.2) is 11.5 Å². The fourth-order valence-electron chi connectivity index (χ4n) is 3.02. The summed E-state index contributed by atoms with van der Waals surface area (Å²) in [4.78, 5) is 12.6. The Morgan fingerprint density at radius 2 is 1.75 bits per heavy atom. The summed E-state index contributed by atoms with van der Waals surface area (Å²) in [5.41, 5.74) is 3.51. The molecule has 0 aliphatic rings. The monoisotopic (exact) mass is 383 g/mol. The fourth-order valence-corrected chi connectivity index (χ4v) is 3.02. The first-order chi connectivity index (χ1) is 13.4. The first-order valence-electron chi connectivity index (χ1n) is 8.77. The maximum Gasteiger partial charge on any atom is 0.269 e. The molecule has 28 heavy (non-hydrogen) atoms. The summed E-state index contributed by atoms with van der Waals surface area (Å²) in [5.74, 6) is 0.628. The van der Waals surface area contributed by atoms with E-state index in [1.54, 1.807) is 32.4 Å². The molecule has 1 unspecified atom stereocenters. The van der Waals surface area contributed by atoms with Gasteiger partial charge in [0.25, 0.3) is 5.91 Å². The quantitative estimate of drug-likeness (QED) is 0.674. The number of carbonyl (C=O) groups is 1. The van der Waals surface area contributed by atoms with Gasteiger partial charge in [-0.15, -0.1) is 0 Å². The predicted molar refractivity (Wildman–Crippen MR) is 104 cm³/mol. The molecule has 0 radical (unpaired) electrons. The van der Waals surface area contributed by atoms with Crippen LogP contribution in [0.2, 0.25) is 0 Å². The highest BCUT2D eigenvalue weighted by Gasteiger charge is 2.18. The van der Waals surface area contributed by atoms with E-state index in [2.05, 4.69) is 15.5 Å². The lowest BCUT2D eigenvalue weighted by molar-refractivity contribution is 0.0934. The van der Waals surface area contributed by atoms with Crippen molar-refractivity contribution in [2.75, 3.05) is 14.2 Å². The number of halogens is 1. The zero-order valence-corrected chi connectivity index (χ0v) is 16.2. The third-order valence-electron chi connectivity index (χ3n) is 4.55. The Hall–Kier alpha value is -3.35. The topological polar surface area (TPSA) is 76.2 Å². The SMILES string of the molecule is COc1cc(C)c(C(C)NC(=O)c2cc(-c3ccc(F)cc3)n[nH]2)cc1OC. The molecule has 3 aromatic rings. The molecule has 1 atom stereocenters. The normalized spacial score (nSPS) is 11.8. The molecule has 1 amide bonds. The Kier molecular flexibility index (Phi) is 5.63. The van der Waals surface area contributed by atoms with E-state index in [1.165, 1.54) is 12.1 Å². The van der Waals surface area contributed by atoms with Crippen LogP contribution in [0.15, 0.2) is 42.5 Å². The van der Waals surface area contributed by atoms with Gasteiger partial charge in [-0.3, -0.25) is 9.89 Å². The summed E-state index contributed by atoms with van der Waals surface area (Å²) in [5, 5.41) is 9.82. The maximum atomic E-state index is 13.1. The lowest BCUT2D eigenvalue weighted by atomic mass is 10.0. The highest BCUT2D eigenvalue weighted by atomic mass is 19.1. The van der Waals surface area contributed by atoms with Crippen molar-refractivity contribution in [2.24, 2.45) is 0 Å². The molecule has 6 nitrogen and oxygen atoms in total. The molecule has 7 heteroatoms. The van der Waals surface area contributed by atoms with E-state index in [-0.39, 0.29) is 17.8 Å². The van der Waals surface area contributed by atoms with Crippen LogP contribution in [0.3, 0.4) is 0 Å². The van der Waals surface area contributed by atoms with E-state index < -0.39 is 0 Å². The van der Waals surface area contributed by atoms with Gasteiger partial charge in [-0.25, -0.2) is 4.39 Å². The van der Waals surface area contributed by atoms with Crippen LogP contribution in [0.4, 0.5) is 4.39 Å². The second-order valence-electron chi connectivity index (χ2n) is 6.43. The Morgan fingerprint density at radius 1 is 1.11 bits per heavy atom. The molecular formula is C21H22FN3O3. The van der Waals surface area contributed by atoms with Crippen molar-refractivity contribution in [1.29, 1.82) is 0 Å². The van der Waals surface area contributed by atoms with Crippen LogP contribution in [0, 0.1) is 12.7 Å². The standard InChI is InChI=1S/C21H22FN3O3/c1-12-9-19(27-3)20(28-4)10-16(12)13(2)23-21(26)18-11-17(24-25-18)14-5-7-15(22)8-6-14/h5-11,13H,1-4H3,(H,23,26)(H,24,25). The lowest BCUT2D eigenvalue weighted by Crippen LogP contribution is -2.27. The lowest BCUT2D eigenvalue weighted by Gasteiger charge is -2.18. The molecule has 0 saturated carbocycles. The Morgan fingerprint density at radius 3 is 2.39 bits per heavy atom. The molecule has 1 heterocycles. The summed E-state index contributed by atoms with van der Waals surface area (Å²) in [6.07, 6.45) is 0. The van der Waals surface area contributed by atoms with Gasteiger partial charge in [-0.1, -0.05) is 0 Å². The molecule has 0 fully saturated rings. The zero-order chi connectivity index (χ0) is 20.3. The number of rotatable bonds is 6. The van der Waals surface area contributed by atoms with Crippen molar-refractivity contribution in [3.8, 4) is 22.8 Å². The molecule has 0 saturated heterocycles. The predicted octanol–water partition coefficient (Wildman–Crippen LogP) is 4.03. The van der Waals surface area contributed by atoms with E-state index >= 15 is 0 Å². The number of ether oxygens (including phenoxy) is 2. The molecule has 2 aromatic carbocycles. The third kappa shape index (κ3) is 3.98. The van der Waals surface area contributed by atoms with E-state index in [1.807, 2.05) is 26.0 Å². The van der Waals surface area contributed by atoms with Crippen LogP contribution in [-0.2, 0) is 0 Å². The molecule has 0 spiro atoms. The molecule has 146 valence electrons. The van der Waals surface area contributed by atoms with Crippen LogP contribution in [0.1, 0.15) is 34.6 Å². The Bertz CT molecular complexity index is 983. The van der Waals surface area contributed by atoms with Crippen molar-refractivity contribution < 1.29 is 18.7 Å². The largest absolute Gasteiger partial charge is 0.493 e. The summed E-state index contributed by atoms with van der Waals surface area (Å²) >= 11 is 0. The van der Waals surface area contributed by atoms with Crippen molar-refractivity contribution in [3.63, 3.8) is 0 Å². The number of hydrogen-bond acceptors (Lipinski definition) is 4. The van der Waals surface area contributed by atoms with Gasteiger partial charge < -0.3 is 14.8 Å². The molecule has 1 aromatic heterocycles. The molecule has 0 aliphatic carbocycles. The number of nitrogens with one attached hydrogen (secondary N) is 2. The first kappa shape index (κ1) is 19.4. The number of aromatic amines is 1. The number of nitrogens with zero attached hydrogens (tertiary/aromatic N) is 1. The fraction of sp³-hybridized carbons (Fsp3) is 0.238. The minimum absolute atomic E-state index is 0.259. The molecule has 0 aliphatic heterocycles. The van der Waals surface area contributed by atoms with Crippen molar-refractivity contribution in [3.05, 3.63) is 65.1 Å². The maximum absolute atomic E-state index is 13.1. The second kappa shape index (κ2) is 8.12. The number of H-pyrrole nitrogens is 1. The van der Waals surface area contributed by atoms with Gasteiger partial charge in [-0.05, 0) is 67.4 Å². The van der Waals surface area contributed by atoms with Gasteiger partial charge in [0.2, 0.25) is 0 Å².